The Kier molecular flexibility index (Phi) is 5.89. The lowest BCUT2D eigenvalue weighted by Gasteiger charge is -2.29. The minimum Gasteiger partial charge on any atom is -0.393 e. The minimum atomic E-state index is -0.132. The first-order chi connectivity index (χ1) is 12.1. The molecule has 0 saturated carbocycles. The van der Waals surface area contributed by atoms with E-state index in [-0.39, 0.29) is 12.0 Å². The average molecular weight is 341 g/mol. The fourth-order valence-corrected chi connectivity index (χ4v) is 3.38. The molecule has 1 aromatic heterocycles. The molecule has 0 unspecified atom stereocenters. The van der Waals surface area contributed by atoms with Crippen molar-refractivity contribution in [2.24, 2.45) is 7.05 Å². The van der Waals surface area contributed by atoms with E-state index in [2.05, 4.69) is 10.2 Å². The van der Waals surface area contributed by atoms with Gasteiger partial charge in [0.05, 0.1) is 6.10 Å². The Morgan fingerprint density at radius 2 is 1.88 bits per heavy atom. The van der Waals surface area contributed by atoms with E-state index in [1.807, 2.05) is 54.1 Å². The van der Waals surface area contributed by atoms with Gasteiger partial charge in [0.15, 0.2) is 0 Å². The maximum Gasteiger partial charge on any atom is 0.267 e. The van der Waals surface area contributed by atoms with E-state index >= 15 is 0 Å². The van der Waals surface area contributed by atoms with Crippen molar-refractivity contribution < 1.29 is 9.90 Å². The van der Waals surface area contributed by atoms with Gasteiger partial charge in [-0.1, -0.05) is 30.3 Å². The van der Waals surface area contributed by atoms with E-state index in [4.69, 9.17) is 0 Å². The number of carbonyl (C=O) groups is 1. The second-order valence-electron chi connectivity index (χ2n) is 6.71. The quantitative estimate of drug-likeness (QED) is 0.793. The van der Waals surface area contributed by atoms with Gasteiger partial charge in [-0.2, -0.15) is 0 Å². The van der Waals surface area contributed by atoms with Crippen molar-refractivity contribution in [3.05, 3.63) is 48.2 Å². The zero-order chi connectivity index (χ0) is 17.6. The van der Waals surface area contributed by atoms with Crippen LogP contribution in [0, 0.1) is 0 Å². The van der Waals surface area contributed by atoms with Gasteiger partial charge in [-0.15, -0.1) is 0 Å². The molecule has 5 heteroatoms. The van der Waals surface area contributed by atoms with Crippen molar-refractivity contribution in [3.63, 3.8) is 0 Å². The maximum atomic E-state index is 12.4. The molecule has 1 aromatic carbocycles. The van der Waals surface area contributed by atoms with E-state index < -0.39 is 0 Å². The number of benzene rings is 1. The summed E-state index contributed by atoms with van der Waals surface area (Å²) in [6.45, 7) is 3.54. The molecule has 0 bridgehead atoms. The highest BCUT2D eigenvalue weighted by molar-refractivity contribution is 5.93. The molecule has 1 amide bonds. The van der Waals surface area contributed by atoms with Gasteiger partial charge >= 0.3 is 0 Å². The normalized spacial score (nSPS) is 16.1. The fourth-order valence-electron chi connectivity index (χ4n) is 3.38. The Morgan fingerprint density at radius 1 is 1.16 bits per heavy atom. The van der Waals surface area contributed by atoms with E-state index in [0.717, 1.165) is 50.2 Å². The van der Waals surface area contributed by atoms with Crippen LogP contribution in [0.4, 0.5) is 0 Å². The molecule has 0 spiro atoms. The number of amides is 1. The molecular formula is C20H27N3O2. The molecule has 0 radical (unpaired) electrons. The molecule has 2 aromatic rings. The van der Waals surface area contributed by atoms with Gasteiger partial charge in [-0.3, -0.25) is 4.79 Å². The van der Waals surface area contributed by atoms with Crippen LogP contribution in [-0.4, -0.2) is 52.8 Å². The highest BCUT2D eigenvalue weighted by atomic mass is 16.3. The molecule has 3 rings (SSSR count). The number of nitrogens with zero attached hydrogens (tertiary/aromatic N) is 2. The van der Waals surface area contributed by atoms with Crippen molar-refractivity contribution in [1.29, 1.82) is 0 Å². The number of piperidine rings is 1. The third-order valence-electron chi connectivity index (χ3n) is 4.92. The largest absolute Gasteiger partial charge is 0.393 e. The zero-order valence-corrected chi connectivity index (χ0v) is 14.8. The summed E-state index contributed by atoms with van der Waals surface area (Å²) in [6, 6.07) is 14.0. The Morgan fingerprint density at radius 3 is 2.60 bits per heavy atom. The molecule has 2 heterocycles. The number of nitrogens with one attached hydrogen (secondary N) is 1. The predicted molar refractivity (Wildman–Crippen MR) is 99.5 cm³/mol. The van der Waals surface area contributed by atoms with E-state index in [9.17, 15) is 9.90 Å². The first-order valence-corrected chi connectivity index (χ1v) is 9.05. The lowest BCUT2D eigenvalue weighted by molar-refractivity contribution is 0.0816. The molecule has 0 aliphatic carbocycles. The number of aromatic nitrogens is 1. The molecule has 1 fully saturated rings. The SMILES string of the molecule is Cn1c(C(=O)NCCCN2CCC(O)CC2)ccc1-c1ccccc1. The van der Waals surface area contributed by atoms with Gasteiger partial charge in [0.1, 0.15) is 5.69 Å². The molecule has 2 N–H and O–H groups in total. The summed E-state index contributed by atoms with van der Waals surface area (Å²) in [5.41, 5.74) is 2.83. The number of rotatable bonds is 6. The molecule has 1 aliphatic heterocycles. The van der Waals surface area contributed by atoms with Gasteiger partial charge in [0, 0.05) is 32.4 Å². The summed E-state index contributed by atoms with van der Waals surface area (Å²) >= 11 is 0. The van der Waals surface area contributed by atoms with Crippen LogP contribution in [-0.2, 0) is 7.05 Å². The molecule has 1 saturated heterocycles. The van der Waals surface area contributed by atoms with Crippen LogP contribution in [0.3, 0.4) is 0 Å². The van der Waals surface area contributed by atoms with E-state index in [1.54, 1.807) is 0 Å². The monoisotopic (exact) mass is 341 g/mol. The molecule has 25 heavy (non-hydrogen) atoms. The lowest BCUT2D eigenvalue weighted by Crippen LogP contribution is -2.37. The van der Waals surface area contributed by atoms with Crippen LogP contribution in [0.15, 0.2) is 42.5 Å². The summed E-state index contributed by atoms with van der Waals surface area (Å²) in [5, 5.41) is 12.5. The summed E-state index contributed by atoms with van der Waals surface area (Å²) in [7, 11) is 1.93. The topological polar surface area (TPSA) is 57.5 Å². The van der Waals surface area contributed by atoms with Crippen LogP contribution in [0.5, 0.6) is 0 Å². The maximum absolute atomic E-state index is 12.4. The Hall–Kier alpha value is -2.11. The molecule has 0 atom stereocenters. The number of hydrogen-bond acceptors (Lipinski definition) is 3. The Balaban J connectivity index is 1.48. The van der Waals surface area contributed by atoms with Crippen molar-refractivity contribution in [1.82, 2.24) is 14.8 Å². The van der Waals surface area contributed by atoms with Crippen molar-refractivity contribution in [2.45, 2.75) is 25.4 Å². The van der Waals surface area contributed by atoms with Crippen LogP contribution >= 0.6 is 0 Å². The summed E-state index contributed by atoms with van der Waals surface area (Å²) < 4.78 is 1.94. The van der Waals surface area contributed by atoms with E-state index in [1.165, 1.54) is 0 Å². The van der Waals surface area contributed by atoms with Gasteiger partial charge in [-0.05, 0) is 43.5 Å². The standard InChI is InChI=1S/C20H27N3O2/c1-22-18(16-6-3-2-4-7-16)8-9-19(22)20(25)21-12-5-13-23-14-10-17(24)11-15-23/h2-4,6-9,17,24H,5,10-15H2,1H3,(H,21,25). The number of likely N-dealkylation sites (tertiary alicyclic amines) is 1. The average Bonchev–Trinajstić information content (AvgIpc) is 3.02. The number of aliphatic hydroxyl groups excluding tert-OH is 1. The predicted octanol–water partition coefficient (Wildman–Crippen LogP) is 2.27. The van der Waals surface area contributed by atoms with Crippen LogP contribution in [0.1, 0.15) is 29.8 Å². The highest BCUT2D eigenvalue weighted by Gasteiger charge is 2.17. The fraction of sp³-hybridized carbons (Fsp3) is 0.450. The van der Waals surface area contributed by atoms with Crippen LogP contribution in [0.25, 0.3) is 11.3 Å². The second kappa shape index (κ2) is 8.32. The minimum absolute atomic E-state index is 0.0289. The lowest BCUT2D eigenvalue weighted by atomic mass is 10.1. The molecule has 5 nitrogen and oxygen atoms in total. The van der Waals surface area contributed by atoms with Crippen LogP contribution in [0.2, 0.25) is 0 Å². The Labute approximate surface area is 149 Å². The highest BCUT2D eigenvalue weighted by Crippen LogP contribution is 2.21. The number of hydrogen-bond donors (Lipinski definition) is 2. The van der Waals surface area contributed by atoms with Gasteiger partial charge in [-0.25, -0.2) is 0 Å². The number of carbonyl (C=O) groups excluding carboxylic acids is 1. The first kappa shape index (κ1) is 17.7. The molecule has 1 aliphatic rings. The molecule has 134 valence electrons. The molecular weight excluding hydrogens is 314 g/mol. The third kappa shape index (κ3) is 4.50. The van der Waals surface area contributed by atoms with E-state index in [0.29, 0.717) is 12.2 Å². The summed E-state index contributed by atoms with van der Waals surface area (Å²) in [6.07, 6.45) is 2.51. The summed E-state index contributed by atoms with van der Waals surface area (Å²) in [4.78, 5) is 14.8. The first-order valence-electron chi connectivity index (χ1n) is 9.05. The van der Waals surface area contributed by atoms with Crippen molar-refractivity contribution in [2.75, 3.05) is 26.2 Å². The number of aliphatic hydroxyl groups is 1. The smallest absolute Gasteiger partial charge is 0.267 e. The van der Waals surface area contributed by atoms with Crippen LogP contribution < -0.4 is 5.32 Å². The second-order valence-corrected chi connectivity index (χ2v) is 6.71. The van der Waals surface area contributed by atoms with Gasteiger partial charge in [0.25, 0.3) is 5.91 Å². The van der Waals surface area contributed by atoms with Gasteiger partial charge < -0.3 is 19.9 Å². The Bertz CT molecular complexity index is 688. The van der Waals surface area contributed by atoms with Crippen molar-refractivity contribution in [3.8, 4) is 11.3 Å². The third-order valence-corrected chi connectivity index (χ3v) is 4.92. The summed E-state index contributed by atoms with van der Waals surface area (Å²) in [5.74, 6) is -0.0289. The van der Waals surface area contributed by atoms with Crippen molar-refractivity contribution >= 4 is 5.91 Å². The van der Waals surface area contributed by atoms with Gasteiger partial charge in [0.2, 0.25) is 0 Å². The zero-order valence-electron chi connectivity index (χ0n) is 14.8.